The molecule has 1 unspecified atom stereocenters. The number of nitrogen functional groups attached to an aromatic ring is 1. The van der Waals surface area contributed by atoms with E-state index in [4.69, 9.17) is 20.6 Å². The van der Waals surface area contributed by atoms with Crippen molar-refractivity contribution in [2.45, 2.75) is 6.10 Å². The molecule has 0 bridgehead atoms. The highest BCUT2D eigenvalue weighted by Gasteiger charge is 2.32. The number of hydrogen-bond acceptors (Lipinski definition) is 7. The van der Waals surface area contributed by atoms with Crippen molar-refractivity contribution in [3.8, 4) is 5.75 Å². The lowest BCUT2D eigenvalue weighted by Gasteiger charge is -2.20. The van der Waals surface area contributed by atoms with Crippen molar-refractivity contribution in [1.29, 1.82) is 5.41 Å². The fourth-order valence-corrected chi connectivity index (χ4v) is 4.97. The summed E-state index contributed by atoms with van der Waals surface area (Å²) < 4.78 is 12.7. The number of rotatable bonds is 7. The molecule has 1 aliphatic heterocycles. The minimum atomic E-state index is -0.734. The van der Waals surface area contributed by atoms with Crippen molar-refractivity contribution >= 4 is 50.9 Å². The molecule has 0 fully saturated rings. The van der Waals surface area contributed by atoms with E-state index in [9.17, 15) is 14.4 Å². The summed E-state index contributed by atoms with van der Waals surface area (Å²) in [6, 6.07) is 21.3. The van der Waals surface area contributed by atoms with E-state index in [1.807, 2.05) is 54.6 Å². The molecule has 3 amide bonds. The Labute approximate surface area is 215 Å². The molecule has 5 rings (SSSR count). The zero-order valence-electron chi connectivity index (χ0n) is 19.7. The van der Waals surface area contributed by atoms with E-state index in [-0.39, 0.29) is 23.9 Å². The molecule has 4 N–H and O–H groups in total. The molecule has 37 heavy (non-hydrogen) atoms. The summed E-state index contributed by atoms with van der Waals surface area (Å²) in [4.78, 5) is 38.6. The number of benzene rings is 3. The predicted octanol–water partition coefficient (Wildman–Crippen LogP) is 4.78. The lowest BCUT2D eigenvalue weighted by molar-refractivity contribution is 0.0693. The van der Waals surface area contributed by atoms with Crippen LogP contribution in [0.25, 0.3) is 10.1 Å². The number of nitrogens with zero attached hydrogens (tertiary/aromatic N) is 1. The first-order valence-corrected chi connectivity index (χ1v) is 12.1. The molecule has 0 saturated carbocycles. The first-order valence-electron chi connectivity index (χ1n) is 11.3. The van der Waals surface area contributed by atoms with Gasteiger partial charge in [0.05, 0.1) is 16.0 Å². The first kappa shape index (κ1) is 24.0. The number of nitrogens with one attached hydrogen (secondary N) is 2. The lowest BCUT2D eigenvalue weighted by atomic mass is 10.1. The Kier molecular flexibility index (Phi) is 6.33. The summed E-state index contributed by atoms with van der Waals surface area (Å²) in [6.45, 7) is -0.0962. The van der Waals surface area contributed by atoms with Crippen molar-refractivity contribution in [3.63, 3.8) is 0 Å². The maximum atomic E-state index is 12.6. The van der Waals surface area contributed by atoms with Crippen LogP contribution < -0.4 is 15.8 Å². The Morgan fingerprint density at radius 3 is 2.54 bits per heavy atom. The van der Waals surface area contributed by atoms with Gasteiger partial charge in [-0.25, -0.2) is 4.79 Å². The molecule has 4 aromatic rings. The van der Waals surface area contributed by atoms with Crippen LogP contribution in [0.4, 0.5) is 10.5 Å². The summed E-state index contributed by atoms with van der Waals surface area (Å²) in [7, 11) is 1.41. The van der Waals surface area contributed by atoms with Gasteiger partial charge in [0.1, 0.15) is 18.2 Å². The number of amidine groups is 1. The van der Waals surface area contributed by atoms with Crippen LogP contribution in [0.5, 0.6) is 5.75 Å². The fraction of sp³-hybridized carbons (Fsp3) is 0.111. The summed E-state index contributed by atoms with van der Waals surface area (Å²) >= 11 is 1.40. The van der Waals surface area contributed by atoms with Gasteiger partial charge in [0.2, 0.25) is 0 Å². The molecule has 3 aromatic carbocycles. The molecule has 2 heterocycles. The van der Waals surface area contributed by atoms with E-state index in [1.54, 1.807) is 6.07 Å². The molecule has 0 spiro atoms. The summed E-state index contributed by atoms with van der Waals surface area (Å²) in [5.41, 5.74) is 7.32. The van der Waals surface area contributed by atoms with Crippen LogP contribution in [0.1, 0.15) is 37.3 Å². The van der Waals surface area contributed by atoms with E-state index in [1.165, 1.54) is 30.5 Å². The number of fused-ring (bicyclic) bond motifs is 2. The van der Waals surface area contributed by atoms with Gasteiger partial charge in [0.15, 0.2) is 6.10 Å². The molecule has 0 aliphatic carbocycles. The molecule has 0 saturated heterocycles. The maximum Gasteiger partial charge on any atom is 0.411 e. The number of amides is 3. The van der Waals surface area contributed by atoms with Crippen molar-refractivity contribution in [1.82, 2.24) is 4.90 Å². The van der Waals surface area contributed by atoms with Gasteiger partial charge >= 0.3 is 6.09 Å². The van der Waals surface area contributed by atoms with Gasteiger partial charge in [0.25, 0.3) is 11.8 Å². The van der Waals surface area contributed by atoms with E-state index < -0.39 is 18.1 Å². The Bertz CT molecular complexity index is 1550. The number of imide groups is 1. The van der Waals surface area contributed by atoms with Gasteiger partial charge in [-0.15, -0.1) is 11.3 Å². The molecule has 10 heteroatoms. The number of nitrogens with two attached hydrogens (primary N) is 1. The van der Waals surface area contributed by atoms with Crippen molar-refractivity contribution in [3.05, 3.63) is 94.4 Å². The number of anilines is 1. The molecule has 1 aromatic heterocycles. The molecule has 1 aliphatic rings. The second kappa shape index (κ2) is 9.75. The third kappa shape index (κ3) is 4.74. The van der Waals surface area contributed by atoms with E-state index >= 15 is 0 Å². The zero-order chi connectivity index (χ0) is 26.1. The van der Waals surface area contributed by atoms with Crippen molar-refractivity contribution in [2.75, 3.05) is 19.0 Å². The Morgan fingerprint density at radius 1 is 1.03 bits per heavy atom. The van der Waals surface area contributed by atoms with E-state index in [2.05, 4.69) is 5.32 Å². The van der Waals surface area contributed by atoms with Crippen molar-refractivity contribution < 1.29 is 23.9 Å². The van der Waals surface area contributed by atoms with Crippen LogP contribution in [0, 0.1) is 5.41 Å². The number of carbonyl (C=O) groups excluding carboxylic acids is 3. The summed E-state index contributed by atoms with van der Waals surface area (Å²) in [6.07, 6.45) is -1.35. The highest BCUT2D eigenvalue weighted by atomic mass is 32.1. The third-order valence-electron chi connectivity index (χ3n) is 5.93. The van der Waals surface area contributed by atoms with Gasteiger partial charge < -0.3 is 15.2 Å². The van der Waals surface area contributed by atoms with E-state index in [0.29, 0.717) is 21.9 Å². The van der Waals surface area contributed by atoms with Crippen LogP contribution in [0.3, 0.4) is 0 Å². The second-order valence-corrected chi connectivity index (χ2v) is 9.45. The Morgan fingerprint density at radius 2 is 1.78 bits per heavy atom. The normalized spacial score (nSPS) is 13.4. The quantitative estimate of drug-likeness (QED) is 0.185. The van der Waals surface area contributed by atoms with Gasteiger partial charge in [-0.2, -0.15) is 0 Å². The molecule has 9 nitrogen and oxygen atoms in total. The largest absolute Gasteiger partial charge is 0.481 e. The minimum absolute atomic E-state index is 0.0176. The van der Waals surface area contributed by atoms with E-state index in [0.717, 1.165) is 20.5 Å². The average Bonchev–Trinajstić information content (AvgIpc) is 3.43. The monoisotopic (exact) mass is 514 g/mol. The summed E-state index contributed by atoms with van der Waals surface area (Å²) in [5, 5.41) is 11.2. The number of hydrogen-bond donors (Lipinski definition) is 3. The summed E-state index contributed by atoms with van der Waals surface area (Å²) in [5.74, 6) is -0.251. The van der Waals surface area contributed by atoms with Gasteiger partial charge in [0, 0.05) is 22.8 Å². The van der Waals surface area contributed by atoms with Gasteiger partial charge in [-0.05, 0) is 42.0 Å². The van der Waals surface area contributed by atoms with Crippen LogP contribution in [0.15, 0.2) is 72.8 Å². The first-order chi connectivity index (χ1) is 17.8. The second-order valence-electron chi connectivity index (χ2n) is 8.36. The maximum absolute atomic E-state index is 12.6. The molecule has 1 atom stereocenters. The van der Waals surface area contributed by atoms with Gasteiger partial charge in [-0.1, -0.05) is 36.4 Å². The molecule has 0 radical (unpaired) electrons. The lowest BCUT2D eigenvalue weighted by Crippen LogP contribution is -2.24. The minimum Gasteiger partial charge on any atom is -0.481 e. The topological polar surface area (TPSA) is 135 Å². The highest BCUT2D eigenvalue weighted by molar-refractivity contribution is 7.20. The van der Waals surface area contributed by atoms with Crippen LogP contribution >= 0.6 is 11.3 Å². The molecular weight excluding hydrogens is 492 g/mol. The highest BCUT2D eigenvalue weighted by Crippen LogP contribution is 2.35. The number of thiophene rings is 1. The Balaban J connectivity index is 1.33. The number of ether oxygens (including phenoxy) is 2. The smallest absolute Gasteiger partial charge is 0.411 e. The van der Waals surface area contributed by atoms with Crippen LogP contribution in [-0.4, -0.2) is 42.3 Å². The molecule has 186 valence electrons. The van der Waals surface area contributed by atoms with Gasteiger partial charge in [-0.3, -0.25) is 25.2 Å². The predicted molar refractivity (Wildman–Crippen MR) is 140 cm³/mol. The third-order valence-corrected chi connectivity index (χ3v) is 7.06. The SMILES string of the molecule is CN1C(=O)c2ccc(NC(=O)OCC(Oc3cccc4sc(C(=N)N)cc34)c3ccccc3)cc2C1=O. The van der Waals surface area contributed by atoms with Crippen LogP contribution in [-0.2, 0) is 4.74 Å². The number of carbonyl (C=O) groups is 3. The zero-order valence-corrected chi connectivity index (χ0v) is 20.5. The molecular formula is C27H22N4O5S. The van der Waals surface area contributed by atoms with Crippen LogP contribution in [0.2, 0.25) is 0 Å². The average molecular weight is 515 g/mol. The van der Waals surface area contributed by atoms with Crippen molar-refractivity contribution in [2.24, 2.45) is 5.73 Å². The fourth-order valence-electron chi connectivity index (χ4n) is 4.03. The standard InChI is InChI=1S/C27H22N4O5S/c1-31-25(32)17-11-10-16(12-18(17)26(31)33)30-27(34)35-14-21(15-6-3-2-4-7-15)36-20-8-5-9-22-19(20)13-23(37-22)24(28)29/h2-13,21H,14H2,1H3,(H3,28,29)(H,30,34). The Hall–Kier alpha value is -4.70.